The van der Waals surface area contributed by atoms with E-state index in [0.29, 0.717) is 18.7 Å². The molecule has 0 aliphatic heterocycles. The number of carbonyl (C=O) groups is 1. The van der Waals surface area contributed by atoms with Crippen molar-refractivity contribution in [2.45, 2.75) is 46.3 Å². The molecule has 0 aliphatic carbocycles. The van der Waals surface area contributed by atoms with Gasteiger partial charge in [0.1, 0.15) is 6.61 Å². The molecule has 1 aromatic rings. The van der Waals surface area contributed by atoms with E-state index in [0.717, 1.165) is 0 Å². The zero-order valence-electron chi connectivity index (χ0n) is 14.7. The third-order valence-electron chi connectivity index (χ3n) is 3.55. The van der Waals surface area contributed by atoms with Gasteiger partial charge in [-0.2, -0.15) is 0 Å². The third kappa shape index (κ3) is 6.64. The van der Waals surface area contributed by atoms with E-state index in [1.807, 2.05) is 27.7 Å². The summed E-state index contributed by atoms with van der Waals surface area (Å²) in [7, 11) is 0. The molecule has 0 atom stereocenters. The molecule has 0 unspecified atom stereocenters. The van der Waals surface area contributed by atoms with Crippen LogP contribution in [0.4, 0.5) is 5.69 Å². The zero-order chi connectivity index (χ0) is 18.4. The molecule has 0 amide bonds. The Balaban J connectivity index is 2.56. The highest BCUT2D eigenvalue weighted by Crippen LogP contribution is 2.25. The fraction of sp³-hybridized carbons (Fsp3) is 0.588. The van der Waals surface area contributed by atoms with Gasteiger partial charge in [-0.05, 0) is 25.3 Å². The first kappa shape index (κ1) is 20.1. The number of esters is 1. The zero-order valence-corrected chi connectivity index (χ0v) is 14.7. The molecular weight excluding hydrogens is 312 g/mol. The van der Waals surface area contributed by atoms with Gasteiger partial charge < -0.3 is 15.2 Å². The Bertz CT molecular complexity index is 584. The number of nitrogens with two attached hydrogens (primary N) is 1. The predicted molar refractivity (Wildman–Crippen MR) is 90.4 cm³/mol. The number of hydrogen-bond acceptors (Lipinski definition) is 6. The first-order valence-corrected chi connectivity index (χ1v) is 7.78. The van der Waals surface area contributed by atoms with Gasteiger partial charge in [-0.15, -0.1) is 0 Å². The average Bonchev–Trinajstić information content (AvgIpc) is 2.51. The number of nitro groups is 1. The molecule has 7 heteroatoms. The highest BCUT2D eigenvalue weighted by Gasteiger charge is 2.27. The molecule has 1 rings (SSSR count). The Morgan fingerprint density at radius 3 is 2.46 bits per heavy atom. The SMILES string of the molecule is CC(C)(COC(C)(C)CN)CC(=O)OCc1ccccc1[N+](=O)[O-]. The molecule has 134 valence electrons. The summed E-state index contributed by atoms with van der Waals surface area (Å²) in [5.41, 5.74) is 5.05. The van der Waals surface area contributed by atoms with E-state index in [1.54, 1.807) is 18.2 Å². The van der Waals surface area contributed by atoms with Crippen LogP contribution >= 0.6 is 0 Å². The Morgan fingerprint density at radius 2 is 1.88 bits per heavy atom. The van der Waals surface area contributed by atoms with Crippen LogP contribution in [0, 0.1) is 15.5 Å². The maximum atomic E-state index is 12.0. The standard InChI is InChI=1S/C17H26N2O5/c1-16(2,12-24-17(3,4)11-18)9-15(20)23-10-13-7-5-6-8-14(13)19(21)22/h5-8H,9-12,18H2,1-4H3. The van der Waals surface area contributed by atoms with Gasteiger partial charge in [0.2, 0.25) is 0 Å². The molecule has 24 heavy (non-hydrogen) atoms. The highest BCUT2D eigenvalue weighted by atomic mass is 16.6. The van der Waals surface area contributed by atoms with Gasteiger partial charge in [0.05, 0.1) is 29.1 Å². The minimum absolute atomic E-state index is 0.0578. The van der Waals surface area contributed by atoms with Gasteiger partial charge >= 0.3 is 5.97 Å². The van der Waals surface area contributed by atoms with Crippen molar-refractivity contribution < 1.29 is 19.2 Å². The Hall–Kier alpha value is -1.99. The van der Waals surface area contributed by atoms with Gasteiger partial charge in [-0.25, -0.2) is 0 Å². The van der Waals surface area contributed by atoms with E-state index in [9.17, 15) is 14.9 Å². The molecule has 7 nitrogen and oxygen atoms in total. The molecule has 0 aromatic heterocycles. The van der Waals surface area contributed by atoms with E-state index in [2.05, 4.69) is 0 Å². The molecule has 0 saturated heterocycles. The van der Waals surface area contributed by atoms with E-state index in [1.165, 1.54) is 6.07 Å². The monoisotopic (exact) mass is 338 g/mol. The summed E-state index contributed by atoms with van der Waals surface area (Å²) in [6.45, 7) is 8.17. The van der Waals surface area contributed by atoms with Crippen LogP contribution in [0.1, 0.15) is 39.7 Å². The molecule has 0 saturated carbocycles. The van der Waals surface area contributed by atoms with Crippen LogP contribution in [0.25, 0.3) is 0 Å². The quantitative estimate of drug-likeness (QED) is 0.422. The fourth-order valence-electron chi connectivity index (χ4n) is 1.91. The van der Waals surface area contributed by atoms with Crippen LogP contribution < -0.4 is 5.73 Å². The molecule has 0 heterocycles. The van der Waals surface area contributed by atoms with Crippen molar-refractivity contribution in [3.05, 3.63) is 39.9 Å². The number of rotatable bonds is 9. The van der Waals surface area contributed by atoms with E-state index >= 15 is 0 Å². The molecule has 0 aliphatic rings. The lowest BCUT2D eigenvalue weighted by atomic mass is 9.90. The number of nitro benzene ring substituents is 1. The van der Waals surface area contributed by atoms with Crippen molar-refractivity contribution in [2.24, 2.45) is 11.1 Å². The number of para-hydroxylation sites is 1. The Labute approximate surface area is 142 Å². The first-order chi connectivity index (χ1) is 11.1. The second-order valence-electron chi connectivity index (χ2n) is 7.14. The van der Waals surface area contributed by atoms with Gasteiger partial charge in [0.15, 0.2) is 0 Å². The summed E-state index contributed by atoms with van der Waals surface area (Å²) in [6, 6.07) is 6.20. The van der Waals surface area contributed by atoms with Crippen LogP contribution in [-0.4, -0.2) is 29.6 Å². The second-order valence-corrected chi connectivity index (χ2v) is 7.14. The summed E-state index contributed by atoms with van der Waals surface area (Å²) in [6.07, 6.45) is 0.147. The Morgan fingerprint density at radius 1 is 1.25 bits per heavy atom. The van der Waals surface area contributed by atoms with Crippen molar-refractivity contribution in [2.75, 3.05) is 13.2 Å². The van der Waals surface area contributed by atoms with Crippen molar-refractivity contribution in [1.29, 1.82) is 0 Å². The van der Waals surface area contributed by atoms with Crippen LogP contribution in [0.2, 0.25) is 0 Å². The van der Waals surface area contributed by atoms with Gasteiger partial charge in [-0.1, -0.05) is 26.0 Å². The largest absolute Gasteiger partial charge is 0.461 e. The van der Waals surface area contributed by atoms with E-state index < -0.39 is 21.9 Å². The minimum atomic E-state index is -0.490. The number of ether oxygens (including phenoxy) is 2. The molecule has 2 N–H and O–H groups in total. The van der Waals surface area contributed by atoms with Crippen LogP contribution in [0.5, 0.6) is 0 Å². The van der Waals surface area contributed by atoms with Crippen LogP contribution in [0.3, 0.4) is 0 Å². The number of nitrogens with zero attached hydrogens (tertiary/aromatic N) is 1. The summed E-state index contributed by atoms with van der Waals surface area (Å²) >= 11 is 0. The van der Waals surface area contributed by atoms with Crippen molar-refractivity contribution >= 4 is 11.7 Å². The molecule has 1 aromatic carbocycles. The lowest BCUT2D eigenvalue weighted by Gasteiger charge is -2.30. The van der Waals surface area contributed by atoms with Gasteiger partial charge in [0, 0.05) is 12.6 Å². The van der Waals surface area contributed by atoms with Crippen molar-refractivity contribution in [3.8, 4) is 0 Å². The van der Waals surface area contributed by atoms with E-state index in [4.69, 9.17) is 15.2 Å². The highest BCUT2D eigenvalue weighted by molar-refractivity contribution is 5.70. The summed E-state index contributed by atoms with van der Waals surface area (Å²) in [5.74, 6) is -0.424. The molecule has 0 bridgehead atoms. The average molecular weight is 338 g/mol. The maximum Gasteiger partial charge on any atom is 0.306 e. The lowest BCUT2D eigenvalue weighted by molar-refractivity contribution is -0.385. The van der Waals surface area contributed by atoms with Gasteiger partial charge in [-0.3, -0.25) is 14.9 Å². The Kier molecular flexibility index (Phi) is 6.86. The molecule has 0 spiro atoms. The molecule has 0 radical (unpaired) electrons. The van der Waals surface area contributed by atoms with Crippen molar-refractivity contribution in [1.82, 2.24) is 0 Å². The van der Waals surface area contributed by atoms with E-state index in [-0.39, 0.29) is 18.7 Å². The van der Waals surface area contributed by atoms with Crippen LogP contribution in [0.15, 0.2) is 24.3 Å². The lowest BCUT2D eigenvalue weighted by Crippen LogP contribution is -2.38. The maximum absolute atomic E-state index is 12.0. The van der Waals surface area contributed by atoms with Crippen LogP contribution in [-0.2, 0) is 20.9 Å². The first-order valence-electron chi connectivity index (χ1n) is 7.78. The minimum Gasteiger partial charge on any atom is -0.461 e. The topological polar surface area (TPSA) is 105 Å². The number of benzene rings is 1. The number of hydrogen-bond donors (Lipinski definition) is 1. The molecule has 0 fully saturated rings. The molecular formula is C17H26N2O5. The predicted octanol–water partition coefficient (Wildman–Crippen LogP) is 2.81. The normalized spacial score (nSPS) is 12.0. The van der Waals surface area contributed by atoms with Crippen molar-refractivity contribution in [3.63, 3.8) is 0 Å². The summed E-state index contributed by atoms with van der Waals surface area (Å²) in [5, 5.41) is 10.9. The fourth-order valence-corrected chi connectivity index (χ4v) is 1.91. The number of carbonyl (C=O) groups excluding carboxylic acids is 1. The third-order valence-corrected chi connectivity index (χ3v) is 3.55. The smallest absolute Gasteiger partial charge is 0.306 e. The second kappa shape index (κ2) is 8.21. The van der Waals surface area contributed by atoms with Gasteiger partial charge in [0.25, 0.3) is 5.69 Å². The summed E-state index contributed by atoms with van der Waals surface area (Å²) < 4.78 is 10.9. The summed E-state index contributed by atoms with van der Waals surface area (Å²) in [4.78, 5) is 22.5.